The molecule has 7 atom stereocenters. The molecule has 7 unspecified atom stereocenters. The van der Waals surface area contributed by atoms with Crippen LogP contribution < -0.4 is 9.47 Å². The Morgan fingerprint density at radius 2 is 1.77 bits per heavy atom. The minimum Gasteiger partial charge on any atom is -0.459 e. The molecule has 1 saturated carbocycles. The van der Waals surface area contributed by atoms with E-state index in [0.29, 0.717) is 67.4 Å². The Kier molecular flexibility index (Phi) is 14.9. The maximum absolute atomic E-state index is 15.3. The van der Waals surface area contributed by atoms with Gasteiger partial charge in [0, 0.05) is 55.7 Å². The maximum Gasteiger partial charge on any atom is 0.273 e. The van der Waals surface area contributed by atoms with Crippen molar-refractivity contribution in [2.75, 3.05) is 33.0 Å². The Labute approximate surface area is 380 Å². The zero-order valence-electron chi connectivity index (χ0n) is 37.2. The Balaban J connectivity index is 1.33. The Morgan fingerprint density at radius 1 is 0.969 bits per heavy atom. The molecule has 1 amide bonds. The number of nitro benzene ring substituents is 1. The lowest BCUT2D eigenvalue weighted by Crippen LogP contribution is -2.70. The predicted molar refractivity (Wildman–Crippen MR) is 248 cm³/mol. The third-order valence-corrected chi connectivity index (χ3v) is 13.4. The third-order valence-electron chi connectivity index (χ3n) is 13.4. The number of amides is 1. The molecule has 2 N–H and O–H groups in total. The highest BCUT2D eigenvalue weighted by Crippen LogP contribution is 2.62. The third kappa shape index (κ3) is 9.84. The van der Waals surface area contributed by atoms with Gasteiger partial charge in [0.15, 0.2) is 0 Å². The van der Waals surface area contributed by atoms with E-state index in [0.717, 1.165) is 60.4 Å². The van der Waals surface area contributed by atoms with E-state index in [1.165, 1.54) is 12.1 Å². The lowest BCUT2D eigenvalue weighted by Gasteiger charge is -2.60. The number of ether oxygens (including phenoxy) is 4. The van der Waals surface area contributed by atoms with Crippen LogP contribution in [0, 0.1) is 27.9 Å². The monoisotopic (exact) mass is 887 g/mol. The molecule has 4 aliphatic rings. The van der Waals surface area contributed by atoms with Crippen LogP contribution in [0.25, 0.3) is 10.8 Å². The molecule has 0 aromatic heterocycles. The van der Waals surface area contributed by atoms with Gasteiger partial charge in [-0.05, 0) is 110 Å². The Hall–Kier alpha value is -5.60. The van der Waals surface area contributed by atoms with Crippen LogP contribution in [0.1, 0.15) is 99.4 Å². The van der Waals surface area contributed by atoms with Gasteiger partial charge < -0.3 is 38.9 Å². The summed E-state index contributed by atoms with van der Waals surface area (Å²) < 4.78 is 27.0. The molecule has 13 heteroatoms. The number of oxime groups is 1. The normalized spacial score (nSPS) is 25.2. The van der Waals surface area contributed by atoms with E-state index in [2.05, 4.69) is 19.6 Å². The summed E-state index contributed by atoms with van der Waals surface area (Å²) in [4.78, 5) is 34.8. The number of carbonyl (C=O) groups excluding carboxylic acids is 1. The van der Waals surface area contributed by atoms with Gasteiger partial charge in [-0.15, -0.1) is 6.58 Å². The smallest absolute Gasteiger partial charge is 0.273 e. The Bertz CT molecular complexity index is 2380. The van der Waals surface area contributed by atoms with Crippen molar-refractivity contribution in [3.8, 4) is 17.2 Å². The van der Waals surface area contributed by atoms with Gasteiger partial charge in [-0.2, -0.15) is 0 Å². The lowest BCUT2D eigenvalue weighted by molar-refractivity contribution is -0.384. The quantitative estimate of drug-likeness (QED) is 0.0378. The highest BCUT2D eigenvalue weighted by molar-refractivity contribution is 6.04. The van der Waals surface area contributed by atoms with Crippen molar-refractivity contribution in [1.82, 2.24) is 4.90 Å². The number of non-ortho nitro benzene ring substituents is 1. The molecular formula is C52H61N3O10. The first-order chi connectivity index (χ1) is 31.8. The topological polar surface area (TPSA) is 162 Å². The molecule has 2 aliphatic carbocycles. The molecule has 1 saturated heterocycles. The number of aliphatic hydroxyl groups is 2. The Morgan fingerprint density at radius 3 is 2.52 bits per heavy atom. The van der Waals surface area contributed by atoms with Gasteiger partial charge in [-0.1, -0.05) is 73.5 Å². The molecule has 13 nitrogen and oxygen atoms in total. The fourth-order valence-electron chi connectivity index (χ4n) is 10.6. The predicted octanol–water partition coefficient (Wildman–Crippen LogP) is 10.3. The number of aliphatic hydroxyl groups excluding tert-OH is 2. The van der Waals surface area contributed by atoms with Gasteiger partial charge in [-0.3, -0.25) is 14.9 Å². The highest BCUT2D eigenvalue weighted by atomic mass is 16.8. The van der Waals surface area contributed by atoms with E-state index in [9.17, 15) is 20.3 Å². The fourth-order valence-corrected chi connectivity index (χ4v) is 10.6. The molecule has 65 heavy (non-hydrogen) atoms. The molecule has 2 aliphatic heterocycles. The van der Waals surface area contributed by atoms with E-state index >= 15 is 4.79 Å². The number of allylic oxidation sites excluding steroid dienone is 1. The summed E-state index contributed by atoms with van der Waals surface area (Å²) in [6.45, 7) is 7.39. The van der Waals surface area contributed by atoms with Crippen molar-refractivity contribution in [2.45, 2.75) is 102 Å². The number of nitro groups is 1. The molecule has 4 aromatic rings. The van der Waals surface area contributed by atoms with Crippen LogP contribution in [0.4, 0.5) is 5.69 Å². The van der Waals surface area contributed by atoms with Gasteiger partial charge in [0.2, 0.25) is 12.1 Å². The van der Waals surface area contributed by atoms with Crippen molar-refractivity contribution in [3.05, 3.63) is 130 Å². The molecule has 0 bridgehead atoms. The summed E-state index contributed by atoms with van der Waals surface area (Å²) in [5.41, 5.74) is 2.96. The van der Waals surface area contributed by atoms with Crippen LogP contribution >= 0.6 is 0 Å². The van der Waals surface area contributed by atoms with Gasteiger partial charge in [0.25, 0.3) is 11.6 Å². The molecule has 2 fully saturated rings. The minimum absolute atomic E-state index is 0.00479. The van der Waals surface area contributed by atoms with E-state index in [1.54, 1.807) is 24.3 Å². The largest absolute Gasteiger partial charge is 0.459 e. The maximum atomic E-state index is 15.3. The summed E-state index contributed by atoms with van der Waals surface area (Å²) in [5, 5.41) is 38.7. The number of unbranched alkanes of at least 4 members (excludes halogenated alkanes) is 2. The lowest BCUT2D eigenvalue weighted by atomic mass is 9.55. The second-order valence-corrected chi connectivity index (χ2v) is 17.6. The van der Waals surface area contributed by atoms with Crippen molar-refractivity contribution < 1.29 is 43.7 Å². The molecule has 0 radical (unpaired) electrons. The SMILES string of the molecule is C=CCOC12Oc3ccc(Oc4cccc([N+](=O)[O-])c4)cc3C3C(CCCCO)C(CCCCO)C=C(C(=NOC4CCCCO4)CC1N(CCC)C(=O)c1ccc4ccccc4c1)C32. The van der Waals surface area contributed by atoms with Crippen LogP contribution in [-0.4, -0.2) is 82.7 Å². The van der Waals surface area contributed by atoms with Gasteiger partial charge >= 0.3 is 0 Å². The average Bonchev–Trinajstić information content (AvgIpc) is 3.33. The summed E-state index contributed by atoms with van der Waals surface area (Å²) in [6, 6.07) is 24.9. The molecule has 344 valence electrons. The fraction of sp³-hybridized carbons (Fsp3) is 0.462. The van der Waals surface area contributed by atoms with Gasteiger partial charge in [-0.25, -0.2) is 0 Å². The second kappa shape index (κ2) is 21.1. The van der Waals surface area contributed by atoms with Crippen molar-refractivity contribution in [1.29, 1.82) is 0 Å². The first-order valence-corrected chi connectivity index (χ1v) is 23.4. The molecular weight excluding hydrogens is 827 g/mol. The number of nitrogens with zero attached hydrogens (tertiary/aromatic N) is 3. The van der Waals surface area contributed by atoms with E-state index in [1.807, 2.05) is 59.5 Å². The van der Waals surface area contributed by atoms with Crippen LogP contribution in [0.3, 0.4) is 0 Å². The summed E-state index contributed by atoms with van der Waals surface area (Å²) in [7, 11) is 0. The van der Waals surface area contributed by atoms with Crippen molar-refractivity contribution in [2.24, 2.45) is 22.9 Å². The highest BCUT2D eigenvalue weighted by Gasteiger charge is 2.65. The number of hydrogen-bond acceptors (Lipinski definition) is 11. The molecule has 4 aromatic carbocycles. The number of rotatable bonds is 20. The van der Waals surface area contributed by atoms with Gasteiger partial charge in [0.05, 0.1) is 35.8 Å². The average molecular weight is 888 g/mol. The molecule has 8 rings (SSSR count). The van der Waals surface area contributed by atoms with Crippen LogP contribution in [0.2, 0.25) is 0 Å². The number of hydrogen-bond donors (Lipinski definition) is 2. The second-order valence-electron chi connectivity index (χ2n) is 17.6. The zero-order chi connectivity index (χ0) is 45.3. The zero-order valence-corrected chi connectivity index (χ0v) is 37.2. The minimum atomic E-state index is -1.44. The first kappa shape index (κ1) is 45.9. The summed E-state index contributed by atoms with van der Waals surface area (Å²) in [5.74, 6) is -0.995. The standard InChI is InChI=1S/C52H61N3O10/c1-3-25-54(51(58)38-22-21-35-14-5-6-15-36(35)30-38)47-34-45(53-65-48-20-9-12-29-61-48)43-31-37(16-7-10-26-56)42(19-8-11-27-57)49-44-33-41(63-40-18-13-17-39(32-40)55(59)60)23-24-46(44)64-52(47,50(43)49)62-28-4-2/h4-6,13-15,17-18,21-24,30-33,37,42,47-50,56-57H,2-3,7-12,16,19-20,25-29,34H2,1H3. The van der Waals surface area contributed by atoms with Crippen LogP contribution in [0.15, 0.2) is 114 Å². The van der Waals surface area contributed by atoms with Crippen LogP contribution in [-0.2, 0) is 14.3 Å². The summed E-state index contributed by atoms with van der Waals surface area (Å²) >= 11 is 0. The number of benzene rings is 4. The molecule has 0 spiro atoms. The first-order valence-electron chi connectivity index (χ1n) is 23.4. The number of carbonyl (C=O) groups is 1. The van der Waals surface area contributed by atoms with E-state index in [-0.39, 0.29) is 55.6 Å². The summed E-state index contributed by atoms with van der Waals surface area (Å²) in [6.07, 6.45) is 11.5. The van der Waals surface area contributed by atoms with E-state index < -0.39 is 29.0 Å². The van der Waals surface area contributed by atoms with E-state index in [4.69, 9.17) is 28.9 Å². The number of fused-ring (bicyclic) bond motifs is 3. The molecule has 2 heterocycles. The van der Waals surface area contributed by atoms with Crippen molar-refractivity contribution in [3.63, 3.8) is 0 Å². The van der Waals surface area contributed by atoms with Crippen LogP contribution in [0.5, 0.6) is 17.2 Å². The van der Waals surface area contributed by atoms with Crippen molar-refractivity contribution >= 4 is 28.1 Å². The van der Waals surface area contributed by atoms with Gasteiger partial charge in [0.1, 0.15) is 23.3 Å².